The first-order valence-corrected chi connectivity index (χ1v) is 7.92. The van der Waals surface area contributed by atoms with Crippen molar-refractivity contribution >= 4 is 0 Å². The third-order valence-corrected chi connectivity index (χ3v) is 5.10. The van der Waals surface area contributed by atoms with Gasteiger partial charge in [-0.2, -0.15) is 0 Å². The highest BCUT2D eigenvalue weighted by Crippen LogP contribution is 2.43. The zero-order chi connectivity index (χ0) is 13.0. The molecule has 3 atom stereocenters. The minimum absolute atomic E-state index is 0.542. The maximum absolute atomic E-state index is 5.95. The molecule has 3 unspecified atom stereocenters. The van der Waals surface area contributed by atoms with E-state index in [-0.39, 0.29) is 0 Å². The lowest BCUT2D eigenvalue weighted by atomic mass is 9.66. The van der Waals surface area contributed by atoms with Crippen LogP contribution in [0.1, 0.15) is 65.2 Å². The molecule has 0 bridgehead atoms. The molecule has 2 nitrogen and oxygen atoms in total. The highest BCUT2D eigenvalue weighted by atomic mass is 16.5. The molecule has 0 aromatic heterocycles. The fraction of sp³-hybridized carbons (Fsp3) is 1.00. The SMILES string of the molecule is CC1(C)CCC(CN)C(CCCC2CCCO2)C1. The molecule has 1 heterocycles. The summed E-state index contributed by atoms with van der Waals surface area (Å²) in [4.78, 5) is 0. The fourth-order valence-electron chi connectivity index (χ4n) is 3.92. The summed E-state index contributed by atoms with van der Waals surface area (Å²) < 4.78 is 5.71. The lowest BCUT2D eigenvalue weighted by molar-refractivity contribution is 0.0876. The minimum Gasteiger partial charge on any atom is -0.378 e. The molecule has 2 aliphatic rings. The lowest BCUT2D eigenvalue weighted by Crippen LogP contribution is -2.34. The highest BCUT2D eigenvalue weighted by molar-refractivity contribution is 4.85. The van der Waals surface area contributed by atoms with E-state index in [1.54, 1.807) is 0 Å². The Bertz CT molecular complexity index is 245. The van der Waals surface area contributed by atoms with Crippen LogP contribution in [0.2, 0.25) is 0 Å². The number of nitrogens with two attached hydrogens (primary N) is 1. The molecule has 106 valence electrons. The van der Waals surface area contributed by atoms with Gasteiger partial charge < -0.3 is 10.5 Å². The fourth-order valence-corrected chi connectivity index (χ4v) is 3.92. The number of hydrogen-bond acceptors (Lipinski definition) is 2. The van der Waals surface area contributed by atoms with Crippen LogP contribution in [0, 0.1) is 17.3 Å². The Morgan fingerprint density at radius 2 is 2.00 bits per heavy atom. The van der Waals surface area contributed by atoms with Crippen LogP contribution in [0.25, 0.3) is 0 Å². The van der Waals surface area contributed by atoms with Crippen molar-refractivity contribution in [1.82, 2.24) is 0 Å². The molecule has 0 aromatic carbocycles. The van der Waals surface area contributed by atoms with Crippen molar-refractivity contribution in [3.05, 3.63) is 0 Å². The summed E-state index contributed by atoms with van der Waals surface area (Å²) >= 11 is 0. The van der Waals surface area contributed by atoms with Gasteiger partial charge in [0.05, 0.1) is 6.10 Å². The van der Waals surface area contributed by atoms with E-state index in [2.05, 4.69) is 13.8 Å². The zero-order valence-electron chi connectivity index (χ0n) is 12.3. The van der Waals surface area contributed by atoms with E-state index >= 15 is 0 Å². The molecule has 2 fully saturated rings. The molecule has 2 rings (SSSR count). The van der Waals surface area contributed by atoms with Crippen molar-refractivity contribution in [3.8, 4) is 0 Å². The highest BCUT2D eigenvalue weighted by Gasteiger charge is 2.33. The van der Waals surface area contributed by atoms with Gasteiger partial charge in [-0.3, -0.25) is 0 Å². The van der Waals surface area contributed by atoms with E-state index in [0.717, 1.165) is 25.0 Å². The van der Waals surface area contributed by atoms with Crippen LogP contribution in [0.5, 0.6) is 0 Å². The monoisotopic (exact) mass is 253 g/mol. The van der Waals surface area contributed by atoms with Crippen LogP contribution < -0.4 is 5.73 Å². The predicted octanol–water partition coefficient (Wildman–Crippen LogP) is 3.74. The molecule has 2 N–H and O–H groups in total. The summed E-state index contributed by atoms with van der Waals surface area (Å²) in [6.07, 6.45) is 11.2. The van der Waals surface area contributed by atoms with E-state index in [1.165, 1.54) is 51.4 Å². The third kappa shape index (κ3) is 3.96. The first-order chi connectivity index (χ1) is 8.61. The van der Waals surface area contributed by atoms with Crippen molar-refractivity contribution in [2.45, 2.75) is 71.3 Å². The minimum atomic E-state index is 0.542. The van der Waals surface area contributed by atoms with Crippen LogP contribution in [-0.4, -0.2) is 19.3 Å². The van der Waals surface area contributed by atoms with Gasteiger partial charge in [0.15, 0.2) is 0 Å². The molecule has 1 saturated heterocycles. The first kappa shape index (κ1) is 14.3. The Kier molecular flexibility index (Phi) is 5.08. The normalized spacial score (nSPS) is 35.8. The average Bonchev–Trinajstić information content (AvgIpc) is 2.81. The summed E-state index contributed by atoms with van der Waals surface area (Å²) in [6.45, 7) is 6.73. The van der Waals surface area contributed by atoms with Gasteiger partial charge in [0, 0.05) is 6.61 Å². The molecule has 18 heavy (non-hydrogen) atoms. The van der Waals surface area contributed by atoms with Gasteiger partial charge in [0.1, 0.15) is 0 Å². The Labute approximate surface area is 113 Å². The maximum atomic E-state index is 5.95. The first-order valence-electron chi connectivity index (χ1n) is 7.92. The average molecular weight is 253 g/mol. The van der Waals surface area contributed by atoms with Gasteiger partial charge in [0.25, 0.3) is 0 Å². The molecule has 0 radical (unpaired) electrons. The summed E-state index contributed by atoms with van der Waals surface area (Å²) in [5, 5.41) is 0. The Morgan fingerprint density at radius 1 is 1.17 bits per heavy atom. The predicted molar refractivity (Wildman–Crippen MR) is 76.5 cm³/mol. The van der Waals surface area contributed by atoms with Gasteiger partial charge in [-0.15, -0.1) is 0 Å². The Morgan fingerprint density at radius 3 is 2.67 bits per heavy atom. The summed E-state index contributed by atoms with van der Waals surface area (Å²) in [5.74, 6) is 1.64. The smallest absolute Gasteiger partial charge is 0.0576 e. The molecule has 1 saturated carbocycles. The maximum Gasteiger partial charge on any atom is 0.0576 e. The molecule has 2 heteroatoms. The van der Waals surface area contributed by atoms with Crippen molar-refractivity contribution < 1.29 is 4.74 Å². The van der Waals surface area contributed by atoms with Gasteiger partial charge in [-0.1, -0.05) is 26.7 Å². The number of hydrogen-bond donors (Lipinski definition) is 1. The molecule has 0 aromatic rings. The van der Waals surface area contributed by atoms with Crippen LogP contribution >= 0.6 is 0 Å². The lowest BCUT2D eigenvalue weighted by Gasteiger charge is -2.40. The zero-order valence-corrected chi connectivity index (χ0v) is 12.3. The Hall–Kier alpha value is -0.0800. The molecule has 1 aliphatic carbocycles. The quantitative estimate of drug-likeness (QED) is 0.810. The van der Waals surface area contributed by atoms with Crippen LogP contribution in [0.4, 0.5) is 0 Å². The largest absolute Gasteiger partial charge is 0.378 e. The van der Waals surface area contributed by atoms with Crippen molar-refractivity contribution in [2.75, 3.05) is 13.2 Å². The molecule has 0 spiro atoms. The van der Waals surface area contributed by atoms with Gasteiger partial charge in [-0.25, -0.2) is 0 Å². The van der Waals surface area contributed by atoms with E-state index in [0.29, 0.717) is 11.5 Å². The van der Waals surface area contributed by atoms with E-state index < -0.39 is 0 Å². The van der Waals surface area contributed by atoms with Crippen LogP contribution in [-0.2, 0) is 4.74 Å². The molecular weight excluding hydrogens is 222 g/mol. The second-order valence-corrected chi connectivity index (χ2v) is 7.23. The van der Waals surface area contributed by atoms with Crippen molar-refractivity contribution in [3.63, 3.8) is 0 Å². The standard InChI is InChI=1S/C16H31NO/c1-16(2)9-8-14(12-17)13(11-16)5-3-6-15-7-4-10-18-15/h13-15H,3-12,17H2,1-2H3. The second-order valence-electron chi connectivity index (χ2n) is 7.23. The molecule has 0 amide bonds. The van der Waals surface area contributed by atoms with Crippen molar-refractivity contribution in [1.29, 1.82) is 0 Å². The summed E-state index contributed by atoms with van der Waals surface area (Å²) in [5.41, 5.74) is 6.49. The van der Waals surface area contributed by atoms with Crippen molar-refractivity contribution in [2.24, 2.45) is 23.0 Å². The van der Waals surface area contributed by atoms with Gasteiger partial charge in [-0.05, 0) is 62.3 Å². The second kappa shape index (κ2) is 6.38. The van der Waals surface area contributed by atoms with Gasteiger partial charge in [0.2, 0.25) is 0 Å². The molecule has 1 aliphatic heterocycles. The topological polar surface area (TPSA) is 35.2 Å². The number of rotatable bonds is 5. The summed E-state index contributed by atoms with van der Waals surface area (Å²) in [6, 6.07) is 0. The number of ether oxygens (including phenoxy) is 1. The van der Waals surface area contributed by atoms with E-state index in [9.17, 15) is 0 Å². The third-order valence-electron chi connectivity index (χ3n) is 5.10. The van der Waals surface area contributed by atoms with E-state index in [1.807, 2.05) is 0 Å². The molecular formula is C16H31NO. The Balaban J connectivity index is 1.74. The van der Waals surface area contributed by atoms with E-state index in [4.69, 9.17) is 10.5 Å². The summed E-state index contributed by atoms with van der Waals surface area (Å²) in [7, 11) is 0. The van der Waals surface area contributed by atoms with Crippen LogP contribution in [0.15, 0.2) is 0 Å². The van der Waals surface area contributed by atoms with Gasteiger partial charge >= 0.3 is 0 Å². The van der Waals surface area contributed by atoms with Crippen LogP contribution in [0.3, 0.4) is 0 Å².